The lowest BCUT2D eigenvalue weighted by Gasteiger charge is -2.35. The van der Waals surface area contributed by atoms with Gasteiger partial charge in [-0.05, 0) is 37.3 Å². The number of pyridine rings is 1. The highest BCUT2D eigenvalue weighted by Crippen LogP contribution is 2.26. The second kappa shape index (κ2) is 13.2. The number of amides is 3. The number of nitrogens with zero attached hydrogens (tertiary/aromatic N) is 2. The molecular formula is C29H36N4O7. The third-order valence-corrected chi connectivity index (χ3v) is 6.53. The predicted octanol–water partition coefficient (Wildman–Crippen LogP) is 2.45. The van der Waals surface area contributed by atoms with Gasteiger partial charge < -0.3 is 25.4 Å². The van der Waals surface area contributed by atoms with Crippen molar-refractivity contribution in [3.8, 4) is 0 Å². The first-order valence-corrected chi connectivity index (χ1v) is 13.2. The molecule has 3 rings (SSSR count). The molecule has 0 radical (unpaired) electrons. The molecule has 1 aromatic carbocycles. The third kappa shape index (κ3) is 7.87. The summed E-state index contributed by atoms with van der Waals surface area (Å²) < 4.78 is 4.82. The van der Waals surface area contributed by atoms with E-state index >= 15 is 0 Å². The fourth-order valence-electron chi connectivity index (χ4n) is 4.53. The predicted molar refractivity (Wildman–Crippen MR) is 147 cm³/mol. The van der Waals surface area contributed by atoms with E-state index in [1.165, 1.54) is 11.0 Å². The van der Waals surface area contributed by atoms with E-state index in [0.717, 1.165) is 11.5 Å². The van der Waals surface area contributed by atoms with Crippen LogP contribution in [-0.4, -0.2) is 75.9 Å². The Morgan fingerprint density at radius 3 is 2.52 bits per heavy atom. The van der Waals surface area contributed by atoms with Gasteiger partial charge in [-0.1, -0.05) is 51.1 Å². The number of aliphatic carboxylic acids is 1. The van der Waals surface area contributed by atoms with Gasteiger partial charge in [-0.3, -0.25) is 19.2 Å². The molecule has 0 aliphatic carbocycles. The molecule has 0 saturated carbocycles. The first kappa shape index (κ1) is 30.3. The van der Waals surface area contributed by atoms with E-state index in [0.29, 0.717) is 24.9 Å². The van der Waals surface area contributed by atoms with E-state index in [1.807, 2.05) is 39.0 Å². The molecular weight excluding hydrogens is 516 g/mol. The Kier molecular flexibility index (Phi) is 9.98. The molecule has 2 heterocycles. The van der Waals surface area contributed by atoms with Crippen LogP contribution in [0.1, 0.15) is 57.4 Å². The van der Waals surface area contributed by atoms with E-state index in [4.69, 9.17) is 4.74 Å². The molecule has 214 valence electrons. The van der Waals surface area contributed by atoms with Gasteiger partial charge in [0, 0.05) is 18.0 Å². The number of benzene rings is 1. The van der Waals surface area contributed by atoms with Crippen molar-refractivity contribution in [2.75, 3.05) is 13.2 Å². The molecule has 2 aromatic rings. The van der Waals surface area contributed by atoms with E-state index in [-0.39, 0.29) is 12.3 Å². The Balaban J connectivity index is 1.77. The number of carboxylic acids is 1. The van der Waals surface area contributed by atoms with E-state index in [1.54, 1.807) is 25.1 Å². The van der Waals surface area contributed by atoms with Crippen molar-refractivity contribution in [3.05, 3.63) is 54.2 Å². The molecule has 11 heteroatoms. The molecule has 0 spiro atoms. The number of hydrogen-bond acceptors (Lipinski definition) is 7. The third-order valence-electron chi connectivity index (χ3n) is 6.53. The SMILES string of the molecule is CCOC(=O)C=C[C@H](CC(=O)O)NC(=O)[C@H]1CCCN1C(=O)[C@@H](NC(=O)c1ccc2ccccc2n1)C(C)(C)C. The van der Waals surface area contributed by atoms with Gasteiger partial charge in [0.2, 0.25) is 11.8 Å². The van der Waals surface area contributed by atoms with E-state index in [9.17, 15) is 29.1 Å². The zero-order chi connectivity index (χ0) is 29.4. The van der Waals surface area contributed by atoms with E-state index in [2.05, 4.69) is 15.6 Å². The highest BCUT2D eigenvalue weighted by molar-refractivity contribution is 5.99. The van der Waals surface area contributed by atoms with Gasteiger partial charge in [0.1, 0.15) is 17.8 Å². The van der Waals surface area contributed by atoms with Crippen LogP contribution in [0.2, 0.25) is 0 Å². The maximum atomic E-state index is 13.8. The molecule has 0 unspecified atom stereocenters. The van der Waals surface area contributed by atoms with Crippen LogP contribution in [0.25, 0.3) is 10.9 Å². The van der Waals surface area contributed by atoms with Crippen LogP contribution in [0.5, 0.6) is 0 Å². The van der Waals surface area contributed by atoms with Crippen LogP contribution in [-0.2, 0) is 23.9 Å². The average molecular weight is 553 g/mol. The molecule has 11 nitrogen and oxygen atoms in total. The first-order chi connectivity index (χ1) is 18.9. The Morgan fingerprint density at radius 2 is 1.85 bits per heavy atom. The Labute approximate surface area is 233 Å². The van der Waals surface area contributed by atoms with Gasteiger partial charge in [0.25, 0.3) is 5.91 Å². The van der Waals surface area contributed by atoms with Crippen molar-refractivity contribution in [3.63, 3.8) is 0 Å². The molecule has 1 saturated heterocycles. The summed E-state index contributed by atoms with van der Waals surface area (Å²) in [6, 6.07) is 7.97. The highest BCUT2D eigenvalue weighted by atomic mass is 16.5. The second-order valence-corrected chi connectivity index (χ2v) is 10.7. The molecule has 3 N–H and O–H groups in total. The maximum absolute atomic E-state index is 13.8. The minimum Gasteiger partial charge on any atom is -0.481 e. The lowest BCUT2D eigenvalue weighted by Crippen LogP contribution is -2.58. The Hall–Kier alpha value is -4.28. The van der Waals surface area contributed by atoms with Crippen LogP contribution in [0.15, 0.2) is 48.6 Å². The summed E-state index contributed by atoms with van der Waals surface area (Å²) in [5.41, 5.74) is 0.126. The van der Waals surface area contributed by atoms with Gasteiger partial charge in [0.05, 0.1) is 24.6 Å². The van der Waals surface area contributed by atoms with Gasteiger partial charge in [-0.25, -0.2) is 9.78 Å². The molecule has 40 heavy (non-hydrogen) atoms. The summed E-state index contributed by atoms with van der Waals surface area (Å²) in [5, 5.41) is 15.6. The van der Waals surface area contributed by atoms with Crippen molar-refractivity contribution in [2.45, 2.75) is 65.1 Å². The van der Waals surface area contributed by atoms with Crippen molar-refractivity contribution >= 4 is 40.6 Å². The smallest absolute Gasteiger partial charge is 0.330 e. The van der Waals surface area contributed by atoms with Crippen molar-refractivity contribution < 1.29 is 33.8 Å². The lowest BCUT2D eigenvalue weighted by molar-refractivity contribution is -0.142. The molecule has 3 amide bonds. The number of hydrogen-bond donors (Lipinski definition) is 3. The van der Waals surface area contributed by atoms with Crippen LogP contribution in [0, 0.1) is 5.41 Å². The number of esters is 1. The summed E-state index contributed by atoms with van der Waals surface area (Å²) in [4.78, 5) is 69.0. The van der Waals surface area contributed by atoms with Crippen LogP contribution >= 0.6 is 0 Å². The molecule has 1 aromatic heterocycles. The molecule has 0 bridgehead atoms. The number of para-hydroxylation sites is 1. The van der Waals surface area contributed by atoms with Crippen molar-refractivity contribution in [1.82, 2.24) is 20.5 Å². The van der Waals surface area contributed by atoms with Crippen LogP contribution in [0.3, 0.4) is 0 Å². The van der Waals surface area contributed by atoms with Gasteiger partial charge in [-0.2, -0.15) is 0 Å². The number of likely N-dealkylation sites (tertiary alicyclic amines) is 1. The monoisotopic (exact) mass is 552 g/mol. The minimum absolute atomic E-state index is 0.153. The van der Waals surface area contributed by atoms with Crippen molar-refractivity contribution in [1.29, 1.82) is 0 Å². The van der Waals surface area contributed by atoms with Gasteiger partial charge >= 0.3 is 11.9 Å². The number of ether oxygens (including phenoxy) is 1. The minimum atomic E-state index is -1.17. The van der Waals surface area contributed by atoms with Crippen molar-refractivity contribution in [2.24, 2.45) is 5.41 Å². The maximum Gasteiger partial charge on any atom is 0.330 e. The topological polar surface area (TPSA) is 155 Å². The largest absolute Gasteiger partial charge is 0.481 e. The molecule has 1 fully saturated rings. The fourth-order valence-corrected chi connectivity index (χ4v) is 4.53. The Bertz CT molecular complexity index is 1300. The quantitative estimate of drug-likeness (QED) is 0.300. The molecule has 3 atom stereocenters. The van der Waals surface area contributed by atoms with E-state index < -0.39 is 59.6 Å². The summed E-state index contributed by atoms with van der Waals surface area (Å²) in [7, 11) is 0. The summed E-state index contributed by atoms with van der Waals surface area (Å²) in [6.45, 7) is 7.55. The first-order valence-electron chi connectivity index (χ1n) is 13.2. The zero-order valence-electron chi connectivity index (χ0n) is 23.2. The summed E-state index contributed by atoms with van der Waals surface area (Å²) in [6.07, 6.45) is 2.81. The number of carboxylic acid groups (broad SMARTS) is 1. The van der Waals surface area contributed by atoms with Crippen LogP contribution in [0.4, 0.5) is 0 Å². The summed E-state index contributed by atoms with van der Waals surface area (Å²) in [5.74, 6) is -3.30. The van der Waals surface area contributed by atoms with Crippen LogP contribution < -0.4 is 10.6 Å². The number of rotatable bonds is 10. The number of nitrogens with one attached hydrogen (secondary N) is 2. The fraction of sp³-hybridized carbons (Fsp3) is 0.448. The number of aromatic nitrogens is 1. The number of carbonyl (C=O) groups excluding carboxylic acids is 4. The standard InChI is InChI=1S/C29H36N4O7/c1-5-40-24(36)15-13-19(17-23(34)35)30-27(38)22-11-8-16-33(22)28(39)25(29(2,3)4)32-26(37)21-14-12-18-9-6-7-10-20(18)31-21/h6-7,9-10,12-15,19,22,25H,5,8,11,16-17H2,1-4H3,(H,30,38)(H,32,37)(H,34,35)/t19-,22-,25-/m1/s1. The Morgan fingerprint density at radius 1 is 1.12 bits per heavy atom. The average Bonchev–Trinajstić information content (AvgIpc) is 3.39. The molecule has 1 aliphatic rings. The summed E-state index contributed by atoms with van der Waals surface area (Å²) >= 11 is 0. The van der Waals surface area contributed by atoms with Gasteiger partial charge in [-0.15, -0.1) is 0 Å². The normalized spacial score (nSPS) is 16.9. The second-order valence-electron chi connectivity index (χ2n) is 10.7. The number of fused-ring (bicyclic) bond motifs is 1. The zero-order valence-corrected chi connectivity index (χ0v) is 23.2. The number of carbonyl (C=O) groups is 5. The van der Waals surface area contributed by atoms with Gasteiger partial charge in [0.15, 0.2) is 0 Å². The molecule has 1 aliphatic heterocycles. The highest BCUT2D eigenvalue weighted by Gasteiger charge is 2.42. The lowest BCUT2D eigenvalue weighted by atomic mass is 9.85.